The molecule has 0 spiro atoms. The van der Waals surface area contributed by atoms with E-state index in [1.54, 1.807) is 24.1 Å². The Labute approximate surface area is 176 Å². The van der Waals surface area contributed by atoms with Gasteiger partial charge in [0.1, 0.15) is 16.7 Å². The number of hydrogen-bond donors (Lipinski definition) is 2. The summed E-state index contributed by atoms with van der Waals surface area (Å²) < 4.78 is 0. The molecule has 4 heterocycles. The molecule has 1 aliphatic heterocycles. The first-order valence-corrected chi connectivity index (χ1v) is 10.3. The highest BCUT2D eigenvalue weighted by atomic mass is 32.1. The molecule has 7 nitrogen and oxygen atoms in total. The number of pyridine rings is 1. The standard InChI is InChI=1S/C22H17N5O2S/c1-27-6-5-22(29,21(27)28)15-4-2-3-14(8-15)18-12-30-20(26-18)17-11-25-19-16(17)7-13(9-23)10-24-19/h2-4,7-8,10-12,29H,5-6H2,1H3,(H,24,25)/t22-/m1/s1. The number of nitrogens with one attached hydrogen (secondary N) is 1. The van der Waals surface area contributed by atoms with E-state index in [0.717, 1.165) is 27.2 Å². The number of carbonyl (C=O) groups is 1. The highest BCUT2D eigenvalue weighted by Crippen LogP contribution is 2.37. The highest BCUT2D eigenvalue weighted by molar-refractivity contribution is 7.13. The van der Waals surface area contributed by atoms with Crippen LogP contribution in [0.5, 0.6) is 0 Å². The molecule has 1 saturated heterocycles. The summed E-state index contributed by atoms with van der Waals surface area (Å²) >= 11 is 1.49. The van der Waals surface area contributed by atoms with E-state index >= 15 is 0 Å². The number of thiazole rings is 1. The average molecular weight is 415 g/mol. The lowest BCUT2D eigenvalue weighted by Gasteiger charge is -2.21. The molecule has 8 heteroatoms. The largest absolute Gasteiger partial charge is 0.375 e. The number of rotatable bonds is 3. The molecule has 0 radical (unpaired) electrons. The van der Waals surface area contributed by atoms with Gasteiger partial charge < -0.3 is 15.0 Å². The van der Waals surface area contributed by atoms with Gasteiger partial charge in [-0.2, -0.15) is 5.26 Å². The second-order valence-corrected chi connectivity index (χ2v) is 8.25. The van der Waals surface area contributed by atoms with E-state index in [9.17, 15) is 9.90 Å². The smallest absolute Gasteiger partial charge is 0.258 e. The molecule has 0 bridgehead atoms. The van der Waals surface area contributed by atoms with Crippen molar-refractivity contribution in [3.05, 3.63) is 59.2 Å². The zero-order chi connectivity index (χ0) is 20.9. The Morgan fingerprint density at radius 1 is 1.37 bits per heavy atom. The fraction of sp³-hybridized carbons (Fsp3) is 0.182. The Balaban J connectivity index is 1.53. The van der Waals surface area contributed by atoms with Gasteiger partial charge in [-0.1, -0.05) is 18.2 Å². The lowest BCUT2D eigenvalue weighted by Crippen LogP contribution is -2.36. The predicted molar refractivity (Wildman–Crippen MR) is 114 cm³/mol. The van der Waals surface area contributed by atoms with Crippen molar-refractivity contribution in [3.8, 4) is 27.9 Å². The van der Waals surface area contributed by atoms with Crippen LogP contribution >= 0.6 is 11.3 Å². The Bertz CT molecular complexity index is 1330. The molecule has 148 valence electrons. The van der Waals surface area contributed by atoms with Crippen LogP contribution in [-0.4, -0.2) is 44.5 Å². The fourth-order valence-corrected chi connectivity index (χ4v) is 4.69. The molecule has 1 fully saturated rings. The number of amides is 1. The predicted octanol–water partition coefficient (Wildman–Crippen LogP) is 3.27. The number of likely N-dealkylation sites (tertiary alicyclic amines) is 1. The van der Waals surface area contributed by atoms with Crippen LogP contribution in [0.1, 0.15) is 17.5 Å². The van der Waals surface area contributed by atoms with E-state index in [1.165, 1.54) is 17.5 Å². The zero-order valence-electron chi connectivity index (χ0n) is 16.1. The molecule has 0 aliphatic carbocycles. The van der Waals surface area contributed by atoms with Crippen LogP contribution < -0.4 is 0 Å². The van der Waals surface area contributed by atoms with Crippen LogP contribution in [0.4, 0.5) is 0 Å². The first-order chi connectivity index (χ1) is 14.5. The summed E-state index contributed by atoms with van der Waals surface area (Å²) in [7, 11) is 1.70. The molecule has 1 aromatic carbocycles. The van der Waals surface area contributed by atoms with Crippen LogP contribution in [0.2, 0.25) is 0 Å². The van der Waals surface area contributed by atoms with E-state index in [4.69, 9.17) is 10.2 Å². The number of hydrogen-bond acceptors (Lipinski definition) is 6. The van der Waals surface area contributed by atoms with Gasteiger partial charge in [-0.05, 0) is 17.7 Å². The first kappa shape index (κ1) is 18.5. The van der Waals surface area contributed by atoms with Gasteiger partial charge in [0.2, 0.25) is 0 Å². The molecule has 1 atom stereocenters. The number of nitrogens with zero attached hydrogens (tertiary/aromatic N) is 4. The van der Waals surface area contributed by atoms with Gasteiger partial charge in [-0.3, -0.25) is 4.79 Å². The van der Waals surface area contributed by atoms with Crippen LogP contribution in [-0.2, 0) is 10.4 Å². The molecule has 2 N–H and O–H groups in total. The second-order valence-electron chi connectivity index (χ2n) is 7.39. The van der Waals surface area contributed by atoms with Gasteiger partial charge in [0.05, 0.1) is 11.3 Å². The number of carbonyl (C=O) groups excluding carboxylic acids is 1. The van der Waals surface area contributed by atoms with Crippen LogP contribution in [0.3, 0.4) is 0 Å². The van der Waals surface area contributed by atoms with Crippen molar-refractivity contribution in [3.63, 3.8) is 0 Å². The van der Waals surface area contributed by atoms with Crippen molar-refractivity contribution in [1.29, 1.82) is 5.26 Å². The average Bonchev–Trinajstić information content (AvgIpc) is 3.48. The Morgan fingerprint density at radius 3 is 3.00 bits per heavy atom. The van der Waals surface area contributed by atoms with Gasteiger partial charge in [0.15, 0.2) is 5.60 Å². The molecule has 3 aromatic heterocycles. The summed E-state index contributed by atoms with van der Waals surface area (Å²) in [6.07, 6.45) is 3.75. The molecule has 5 rings (SSSR count). The topological polar surface area (TPSA) is 106 Å². The molecule has 0 saturated carbocycles. The maximum Gasteiger partial charge on any atom is 0.258 e. The lowest BCUT2D eigenvalue weighted by molar-refractivity contribution is -0.143. The summed E-state index contributed by atoms with van der Waals surface area (Å²) in [5.74, 6) is -0.279. The third-order valence-electron chi connectivity index (χ3n) is 5.54. The number of aromatic nitrogens is 3. The van der Waals surface area contributed by atoms with Gasteiger partial charge in [-0.15, -0.1) is 11.3 Å². The number of aromatic amines is 1. The first-order valence-electron chi connectivity index (χ1n) is 9.41. The van der Waals surface area contributed by atoms with Crippen molar-refractivity contribution >= 4 is 28.3 Å². The number of aliphatic hydroxyl groups is 1. The second kappa shape index (κ2) is 6.76. The molecule has 0 unspecified atom stereocenters. The van der Waals surface area contributed by atoms with Gasteiger partial charge in [0.25, 0.3) is 5.91 Å². The minimum atomic E-state index is -1.49. The molecule has 30 heavy (non-hydrogen) atoms. The minimum absolute atomic E-state index is 0.279. The molecule has 1 amide bonds. The monoisotopic (exact) mass is 415 g/mol. The van der Waals surface area contributed by atoms with E-state index in [-0.39, 0.29) is 5.91 Å². The van der Waals surface area contributed by atoms with Crippen molar-refractivity contribution in [2.45, 2.75) is 12.0 Å². The number of likely N-dealkylation sites (N-methyl/N-ethyl adjacent to an activating group) is 1. The molecule has 1 aliphatic rings. The summed E-state index contributed by atoms with van der Waals surface area (Å²) in [6, 6.07) is 11.3. The third-order valence-corrected chi connectivity index (χ3v) is 6.42. The van der Waals surface area contributed by atoms with Gasteiger partial charge in [-0.25, -0.2) is 9.97 Å². The maximum absolute atomic E-state index is 12.4. The van der Waals surface area contributed by atoms with Crippen molar-refractivity contribution < 1.29 is 9.90 Å². The van der Waals surface area contributed by atoms with Crippen LogP contribution in [0, 0.1) is 11.3 Å². The van der Waals surface area contributed by atoms with Gasteiger partial charge in [0, 0.05) is 54.3 Å². The fourth-order valence-electron chi connectivity index (χ4n) is 3.83. The summed E-state index contributed by atoms with van der Waals surface area (Å²) in [6.45, 7) is 0.527. The third kappa shape index (κ3) is 2.79. The van der Waals surface area contributed by atoms with E-state index in [1.807, 2.05) is 29.8 Å². The summed E-state index contributed by atoms with van der Waals surface area (Å²) in [5.41, 5.74) is 2.77. The molecular weight excluding hydrogens is 398 g/mol. The van der Waals surface area contributed by atoms with Crippen molar-refractivity contribution in [2.24, 2.45) is 0 Å². The zero-order valence-corrected chi connectivity index (χ0v) is 16.9. The SMILES string of the molecule is CN1CC[C@@](O)(c2cccc(-c3csc(-c4c[nH]c5ncc(C#N)cc45)n3)c2)C1=O. The summed E-state index contributed by atoms with van der Waals surface area (Å²) in [5, 5.41) is 23.7. The number of fused-ring (bicyclic) bond motifs is 1. The Morgan fingerprint density at radius 2 is 2.23 bits per heavy atom. The Hall–Kier alpha value is -3.54. The number of nitriles is 1. The molecular formula is C22H17N5O2S. The van der Waals surface area contributed by atoms with Crippen molar-refractivity contribution in [2.75, 3.05) is 13.6 Å². The van der Waals surface area contributed by atoms with Crippen molar-refractivity contribution in [1.82, 2.24) is 19.9 Å². The summed E-state index contributed by atoms with van der Waals surface area (Å²) in [4.78, 5) is 26.1. The van der Waals surface area contributed by atoms with Gasteiger partial charge >= 0.3 is 0 Å². The van der Waals surface area contributed by atoms with Crippen LogP contribution in [0.25, 0.3) is 32.9 Å². The molecule has 4 aromatic rings. The van der Waals surface area contributed by atoms with E-state index < -0.39 is 5.60 Å². The number of H-pyrrole nitrogens is 1. The highest BCUT2D eigenvalue weighted by Gasteiger charge is 2.45. The van der Waals surface area contributed by atoms with E-state index in [0.29, 0.717) is 29.7 Å². The van der Waals surface area contributed by atoms with E-state index in [2.05, 4.69) is 16.0 Å². The minimum Gasteiger partial charge on any atom is -0.375 e. The Kier molecular flexibility index (Phi) is 4.17. The lowest BCUT2D eigenvalue weighted by atomic mass is 9.90. The quantitative estimate of drug-likeness (QED) is 0.534. The van der Waals surface area contributed by atoms with Crippen LogP contribution in [0.15, 0.2) is 48.1 Å². The number of benzene rings is 1. The maximum atomic E-state index is 12.4. The normalized spacial score (nSPS) is 18.8.